The maximum absolute atomic E-state index is 13.2. The van der Waals surface area contributed by atoms with Crippen molar-refractivity contribution in [3.8, 4) is 6.07 Å². The van der Waals surface area contributed by atoms with Crippen LogP contribution >= 0.6 is 0 Å². The van der Waals surface area contributed by atoms with Gasteiger partial charge in [0.1, 0.15) is 5.82 Å². The Morgan fingerprint density at radius 2 is 2.33 bits per heavy atom. The van der Waals surface area contributed by atoms with Gasteiger partial charge in [0.25, 0.3) is 0 Å². The van der Waals surface area contributed by atoms with Crippen LogP contribution in [0.3, 0.4) is 0 Å². The Morgan fingerprint density at radius 1 is 1.52 bits per heavy atom. The van der Waals surface area contributed by atoms with E-state index in [4.69, 9.17) is 4.74 Å². The first-order valence-corrected chi connectivity index (χ1v) is 7.46. The van der Waals surface area contributed by atoms with Crippen LogP contribution in [-0.4, -0.2) is 12.6 Å². The lowest BCUT2D eigenvalue weighted by molar-refractivity contribution is -0.145. The zero-order valence-electron chi connectivity index (χ0n) is 12.0. The van der Waals surface area contributed by atoms with Crippen molar-refractivity contribution in [3.63, 3.8) is 0 Å². The van der Waals surface area contributed by atoms with Gasteiger partial charge in [0.2, 0.25) is 0 Å². The highest BCUT2D eigenvalue weighted by molar-refractivity contribution is 5.77. The van der Waals surface area contributed by atoms with Gasteiger partial charge in [0, 0.05) is 0 Å². The summed E-state index contributed by atoms with van der Waals surface area (Å²) >= 11 is 0. The molecule has 3 rings (SSSR count). The van der Waals surface area contributed by atoms with Crippen LogP contribution < -0.4 is 0 Å². The van der Waals surface area contributed by atoms with Gasteiger partial charge in [0.05, 0.1) is 24.5 Å². The van der Waals surface area contributed by atoms with E-state index >= 15 is 0 Å². The molecular weight excluding hydrogens is 269 g/mol. The van der Waals surface area contributed by atoms with E-state index in [1.807, 2.05) is 6.07 Å². The average molecular weight is 287 g/mol. The van der Waals surface area contributed by atoms with Crippen molar-refractivity contribution < 1.29 is 13.9 Å². The fraction of sp³-hybridized carbons (Fsp3) is 0.529. The fourth-order valence-electron chi connectivity index (χ4n) is 3.94. The van der Waals surface area contributed by atoms with Gasteiger partial charge in [-0.05, 0) is 55.2 Å². The molecule has 0 aliphatic heterocycles. The minimum absolute atomic E-state index is 0.0849. The van der Waals surface area contributed by atoms with Crippen LogP contribution in [-0.2, 0) is 16.0 Å². The van der Waals surface area contributed by atoms with Crippen molar-refractivity contribution in [1.29, 1.82) is 5.26 Å². The van der Waals surface area contributed by atoms with Gasteiger partial charge in [0.15, 0.2) is 0 Å². The maximum Gasteiger partial charge on any atom is 0.309 e. The minimum atomic E-state index is -0.242. The number of ether oxygens (including phenoxy) is 1. The van der Waals surface area contributed by atoms with Crippen molar-refractivity contribution >= 4 is 5.97 Å². The van der Waals surface area contributed by atoms with Gasteiger partial charge in [-0.3, -0.25) is 4.79 Å². The predicted molar refractivity (Wildman–Crippen MR) is 74.4 cm³/mol. The van der Waals surface area contributed by atoms with Crippen LogP contribution in [0.25, 0.3) is 0 Å². The largest absolute Gasteiger partial charge is 0.466 e. The Morgan fingerprint density at radius 3 is 3.00 bits per heavy atom. The summed E-state index contributed by atoms with van der Waals surface area (Å²) in [7, 11) is 0. The number of hydrogen-bond donors (Lipinski definition) is 0. The Bertz CT molecular complexity index is 595. The Hall–Kier alpha value is -1.89. The molecule has 0 aromatic heterocycles. The summed E-state index contributed by atoms with van der Waals surface area (Å²) in [6.45, 7) is 2.18. The molecule has 2 saturated carbocycles. The Balaban J connectivity index is 1.66. The lowest BCUT2D eigenvalue weighted by Crippen LogP contribution is -2.20. The summed E-state index contributed by atoms with van der Waals surface area (Å²) in [5.74, 6) is 0.0499. The monoisotopic (exact) mass is 287 g/mol. The smallest absolute Gasteiger partial charge is 0.309 e. The first-order valence-electron chi connectivity index (χ1n) is 7.46. The highest BCUT2D eigenvalue weighted by Gasteiger charge is 2.65. The van der Waals surface area contributed by atoms with Crippen molar-refractivity contribution in [1.82, 2.24) is 0 Å². The van der Waals surface area contributed by atoms with Crippen LogP contribution in [0.15, 0.2) is 24.3 Å². The quantitative estimate of drug-likeness (QED) is 0.800. The molecule has 5 unspecified atom stereocenters. The molecule has 110 valence electrons. The van der Waals surface area contributed by atoms with E-state index < -0.39 is 0 Å². The molecule has 0 N–H and O–H groups in total. The summed E-state index contributed by atoms with van der Waals surface area (Å²) < 4.78 is 18.3. The molecule has 0 saturated heterocycles. The van der Waals surface area contributed by atoms with Crippen molar-refractivity contribution in [2.75, 3.05) is 6.61 Å². The molecule has 0 heterocycles. The number of carbonyl (C=O) groups excluding carboxylic acids is 1. The second kappa shape index (κ2) is 5.48. The number of nitriles is 1. The third-order valence-corrected chi connectivity index (χ3v) is 4.82. The third-order valence-electron chi connectivity index (χ3n) is 4.82. The van der Waals surface area contributed by atoms with Gasteiger partial charge in [-0.25, -0.2) is 4.39 Å². The van der Waals surface area contributed by atoms with E-state index in [2.05, 4.69) is 6.07 Å². The van der Waals surface area contributed by atoms with Gasteiger partial charge in [-0.1, -0.05) is 12.1 Å². The summed E-state index contributed by atoms with van der Waals surface area (Å²) in [6.07, 6.45) is 1.57. The molecule has 0 bridgehead atoms. The zero-order chi connectivity index (χ0) is 15.0. The normalized spacial score (nSPS) is 33.1. The third kappa shape index (κ3) is 2.53. The standard InChI is InChI=1S/C17H18FNO2/c1-2-21-17(20)16-13-8-11(14(9-19)15(13)16)6-10-4-3-5-12(18)7-10/h3-5,7,11,13-16H,2,6,8H2,1H3. The topological polar surface area (TPSA) is 50.1 Å². The second-order valence-corrected chi connectivity index (χ2v) is 6.00. The van der Waals surface area contributed by atoms with Crippen molar-refractivity contribution in [3.05, 3.63) is 35.6 Å². The van der Waals surface area contributed by atoms with E-state index in [0.717, 1.165) is 12.0 Å². The van der Waals surface area contributed by atoms with Crippen LogP contribution in [0.1, 0.15) is 18.9 Å². The molecule has 3 nitrogen and oxygen atoms in total. The van der Waals surface area contributed by atoms with Gasteiger partial charge < -0.3 is 4.74 Å². The summed E-state index contributed by atoms with van der Waals surface area (Å²) in [5, 5.41) is 9.42. The SMILES string of the molecule is CCOC(=O)C1C2CC(Cc3cccc(F)c3)C(C#N)C21. The van der Waals surface area contributed by atoms with E-state index in [1.54, 1.807) is 13.0 Å². The number of nitrogens with zero attached hydrogens (tertiary/aromatic N) is 1. The number of halogens is 1. The second-order valence-electron chi connectivity index (χ2n) is 6.00. The molecule has 2 fully saturated rings. The van der Waals surface area contributed by atoms with Gasteiger partial charge >= 0.3 is 5.97 Å². The van der Waals surface area contributed by atoms with Crippen LogP contribution in [0.2, 0.25) is 0 Å². The van der Waals surface area contributed by atoms with Crippen molar-refractivity contribution in [2.24, 2.45) is 29.6 Å². The molecular formula is C17H18FNO2. The number of benzene rings is 1. The first-order chi connectivity index (χ1) is 10.2. The zero-order valence-corrected chi connectivity index (χ0v) is 12.0. The van der Waals surface area contributed by atoms with E-state index in [9.17, 15) is 14.4 Å². The molecule has 2 aliphatic carbocycles. The number of esters is 1. The lowest BCUT2D eigenvalue weighted by atomic mass is 9.85. The molecule has 5 atom stereocenters. The van der Waals surface area contributed by atoms with E-state index in [-0.39, 0.29) is 41.4 Å². The first kappa shape index (κ1) is 14.1. The van der Waals surface area contributed by atoms with E-state index in [1.165, 1.54) is 12.1 Å². The Labute approximate surface area is 123 Å². The number of fused-ring (bicyclic) bond motifs is 1. The highest BCUT2D eigenvalue weighted by Crippen LogP contribution is 2.63. The summed E-state index contributed by atoms with van der Waals surface area (Å²) in [4.78, 5) is 11.8. The number of carbonyl (C=O) groups is 1. The average Bonchev–Trinajstić information content (AvgIpc) is 3.03. The molecule has 2 aliphatic rings. The fourth-order valence-corrected chi connectivity index (χ4v) is 3.94. The Kier molecular flexibility index (Phi) is 3.67. The maximum atomic E-state index is 13.2. The van der Waals surface area contributed by atoms with Crippen LogP contribution in [0, 0.1) is 46.7 Å². The summed E-state index contributed by atoms with van der Waals surface area (Å²) in [5.41, 5.74) is 0.925. The summed E-state index contributed by atoms with van der Waals surface area (Å²) in [6, 6.07) is 8.91. The number of hydrogen-bond acceptors (Lipinski definition) is 3. The van der Waals surface area contributed by atoms with Gasteiger partial charge in [-0.15, -0.1) is 0 Å². The van der Waals surface area contributed by atoms with Gasteiger partial charge in [-0.2, -0.15) is 5.26 Å². The molecule has 0 spiro atoms. The van der Waals surface area contributed by atoms with Crippen LogP contribution in [0.5, 0.6) is 0 Å². The van der Waals surface area contributed by atoms with Crippen molar-refractivity contribution in [2.45, 2.75) is 19.8 Å². The highest BCUT2D eigenvalue weighted by atomic mass is 19.1. The minimum Gasteiger partial charge on any atom is -0.466 e. The molecule has 0 amide bonds. The molecule has 1 aromatic rings. The molecule has 0 radical (unpaired) electrons. The van der Waals surface area contributed by atoms with E-state index in [0.29, 0.717) is 13.0 Å². The predicted octanol–water partition coefficient (Wildman–Crippen LogP) is 2.95. The molecule has 1 aromatic carbocycles. The lowest BCUT2D eigenvalue weighted by Gasteiger charge is -2.18. The van der Waals surface area contributed by atoms with Crippen LogP contribution in [0.4, 0.5) is 4.39 Å². The number of rotatable bonds is 4. The molecule has 21 heavy (non-hydrogen) atoms. The molecule has 4 heteroatoms.